The van der Waals surface area contributed by atoms with E-state index in [1.807, 2.05) is 23.2 Å². The number of nitrogen functional groups attached to an aromatic ring is 2. The molecule has 1 unspecified atom stereocenters. The summed E-state index contributed by atoms with van der Waals surface area (Å²) in [5.74, 6) is -0.289. The lowest BCUT2D eigenvalue weighted by Crippen LogP contribution is -2.55. The third-order valence-electron chi connectivity index (χ3n) is 6.44. The second-order valence-electron chi connectivity index (χ2n) is 9.05. The van der Waals surface area contributed by atoms with E-state index in [1.165, 1.54) is 22.4 Å². The number of rotatable bonds is 6. The minimum atomic E-state index is -0.654. The van der Waals surface area contributed by atoms with Crippen LogP contribution in [0.2, 0.25) is 10.0 Å². The molecule has 1 fully saturated rings. The summed E-state index contributed by atoms with van der Waals surface area (Å²) in [6, 6.07) is 12.1. The third kappa shape index (κ3) is 5.04. The molecule has 0 saturated carbocycles. The summed E-state index contributed by atoms with van der Waals surface area (Å²) in [7, 11) is 0. The zero-order chi connectivity index (χ0) is 27.0. The van der Waals surface area contributed by atoms with Gasteiger partial charge in [-0.1, -0.05) is 53.5 Å². The molecule has 13 heteroatoms. The molecule has 4 aromatic rings. The second kappa shape index (κ2) is 10.6. The van der Waals surface area contributed by atoms with Crippen molar-refractivity contribution < 1.29 is 4.39 Å². The van der Waals surface area contributed by atoms with Gasteiger partial charge in [-0.25, -0.2) is 14.1 Å². The number of hydrogen-bond donors (Lipinski definition) is 3. The normalized spacial score (nSPS) is 15.1. The smallest absolute Gasteiger partial charge is 0.281 e. The molecule has 0 bridgehead atoms. The number of nitrogens with zero attached hydrogens (tertiary/aromatic N) is 6. The molecular formula is C25H26Cl2FN9O. The van der Waals surface area contributed by atoms with Crippen LogP contribution in [-0.4, -0.2) is 50.7 Å². The molecule has 5 N–H and O–H groups in total. The van der Waals surface area contributed by atoms with Crippen molar-refractivity contribution in [1.82, 2.24) is 24.5 Å². The van der Waals surface area contributed by atoms with Gasteiger partial charge in [-0.3, -0.25) is 9.69 Å². The van der Waals surface area contributed by atoms with Crippen LogP contribution in [-0.2, 0) is 6.54 Å². The van der Waals surface area contributed by atoms with Crippen molar-refractivity contribution in [3.63, 3.8) is 0 Å². The molecular weight excluding hydrogens is 532 g/mol. The predicted octanol–water partition coefficient (Wildman–Crippen LogP) is 3.42. The molecule has 10 nitrogen and oxygen atoms in total. The van der Waals surface area contributed by atoms with Crippen molar-refractivity contribution in [3.05, 3.63) is 80.1 Å². The highest BCUT2D eigenvalue weighted by Gasteiger charge is 2.27. The standard InChI is InChI=1S/C25H26Cl2FN9O/c1-14(31-22-19(27)21(29)33-25(30)34-22)23-32-20-17(28)8-7-16(26)18(20)24(38)37(23)36-11-9-35(10-12-36)13-15-5-3-2-4-6-15/h2-8,14H,9-13H2,1H3,(H5,29,30,31,33,34). The van der Waals surface area contributed by atoms with Crippen LogP contribution >= 0.6 is 23.2 Å². The minimum Gasteiger partial charge on any atom is -0.382 e. The molecule has 0 aliphatic carbocycles. The van der Waals surface area contributed by atoms with Crippen molar-refractivity contribution >= 4 is 51.7 Å². The predicted molar refractivity (Wildman–Crippen MR) is 149 cm³/mol. The fourth-order valence-electron chi connectivity index (χ4n) is 4.56. The first-order valence-corrected chi connectivity index (χ1v) is 12.8. The molecule has 2 aromatic heterocycles. The Labute approximate surface area is 228 Å². The number of fused-ring (bicyclic) bond motifs is 1. The molecule has 1 atom stereocenters. The Hall–Kier alpha value is -3.67. The average molecular weight is 558 g/mol. The Kier molecular flexibility index (Phi) is 7.24. The monoisotopic (exact) mass is 557 g/mol. The fraction of sp³-hybridized carbons (Fsp3) is 0.280. The minimum absolute atomic E-state index is 0.00471. The summed E-state index contributed by atoms with van der Waals surface area (Å²) in [6.45, 7) is 5.06. The van der Waals surface area contributed by atoms with Crippen LogP contribution in [0.1, 0.15) is 24.4 Å². The first-order chi connectivity index (χ1) is 18.2. The number of hydrogen-bond acceptors (Lipinski definition) is 9. The second-order valence-corrected chi connectivity index (χ2v) is 9.84. The zero-order valence-electron chi connectivity index (χ0n) is 20.5. The maximum atomic E-state index is 14.8. The average Bonchev–Trinajstić information content (AvgIpc) is 2.90. The number of nitrogens with one attached hydrogen (secondary N) is 1. The molecule has 1 aliphatic rings. The highest BCUT2D eigenvalue weighted by molar-refractivity contribution is 6.35. The van der Waals surface area contributed by atoms with Gasteiger partial charge < -0.3 is 21.8 Å². The maximum Gasteiger partial charge on any atom is 0.281 e. The van der Waals surface area contributed by atoms with Gasteiger partial charge in [0.05, 0.1) is 16.5 Å². The molecule has 0 radical (unpaired) electrons. The van der Waals surface area contributed by atoms with Gasteiger partial charge in [-0.15, -0.1) is 0 Å². The van der Waals surface area contributed by atoms with Crippen LogP contribution in [0.15, 0.2) is 47.3 Å². The first-order valence-electron chi connectivity index (χ1n) is 12.0. The number of benzene rings is 2. The molecule has 38 heavy (non-hydrogen) atoms. The van der Waals surface area contributed by atoms with E-state index in [0.29, 0.717) is 26.2 Å². The Morgan fingerprint density at radius 1 is 1.03 bits per heavy atom. The lowest BCUT2D eigenvalue weighted by molar-refractivity contribution is 0.229. The Balaban J connectivity index is 1.52. The number of nitrogens with two attached hydrogens (primary N) is 2. The highest BCUT2D eigenvalue weighted by atomic mass is 35.5. The van der Waals surface area contributed by atoms with Crippen molar-refractivity contribution in [2.45, 2.75) is 19.5 Å². The number of piperazine rings is 1. The van der Waals surface area contributed by atoms with Gasteiger partial charge in [0.25, 0.3) is 5.56 Å². The molecule has 0 spiro atoms. The molecule has 1 saturated heterocycles. The van der Waals surface area contributed by atoms with E-state index in [1.54, 1.807) is 6.92 Å². The van der Waals surface area contributed by atoms with Crippen LogP contribution in [0, 0.1) is 5.82 Å². The quantitative estimate of drug-likeness (QED) is 0.326. The van der Waals surface area contributed by atoms with E-state index < -0.39 is 17.4 Å². The maximum absolute atomic E-state index is 14.8. The van der Waals surface area contributed by atoms with Crippen LogP contribution in [0.25, 0.3) is 10.9 Å². The van der Waals surface area contributed by atoms with Gasteiger partial charge in [0.2, 0.25) is 5.95 Å². The van der Waals surface area contributed by atoms with Crippen LogP contribution in [0.3, 0.4) is 0 Å². The van der Waals surface area contributed by atoms with Crippen LogP contribution in [0.5, 0.6) is 0 Å². The first kappa shape index (κ1) is 26.0. The number of anilines is 3. The van der Waals surface area contributed by atoms with Gasteiger partial charge >= 0.3 is 0 Å². The van der Waals surface area contributed by atoms with Gasteiger partial charge in [-0.05, 0) is 24.6 Å². The molecule has 1 aliphatic heterocycles. The van der Waals surface area contributed by atoms with E-state index in [4.69, 9.17) is 34.7 Å². The SMILES string of the molecule is CC(Nc1nc(N)nc(N)c1Cl)c1nc2c(F)ccc(Cl)c2c(=O)n1N1CCN(Cc2ccccc2)CC1. The van der Waals surface area contributed by atoms with Gasteiger partial charge in [0.1, 0.15) is 22.2 Å². The molecule has 0 amide bonds. The lowest BCUT2D eigenvalue weighted by Gasteiger charge is -2.38. The van der Waals surface area contributed by atoms with E-state index in [2.05, 4.69) is 37.3 Å². The van der Waals surface area contributed by atoms with E-state index >= 15 is 0 Å². The summed E-state index contributed by atoms with van der Waals surface area (Å²) >= 11 is 12.6. The van der Waals surface area contributed by atoms with E-state index in [0.717, 1.165) is 6.54 Å². The van der Waals surface area contributed by atoms with Gasteiger partial charge in [0, 0.05) is 32.7 Å². The lowest BCUT2D eigenvalue weighted by atomic mass is 10.2. The van der Waals surface area contributed by atoms with Gasteiger partial charge in [-0.2, -0.15) is 9.97 Å². The zero-order valence-corrected chi connectivity index (χ0v) is 22.0. The molecule has 5 rings (SSSR count). The largest absolute Gasteiger partial charge is 0.382 e. The van der Waals surface area contributed by atoms with Crippen molar-refractivity contribution in [1.29, 1.82) is 0 Å². The fourth-order valence-corrected chi connectivity index (χ4v) is 4.94. The number of halogens is 3. The summed E-state index contributed by atoms with van der Waals surface area (Å²) in [5, 5.41) is 5.21. The summed E-state index contributed by atoms with van der Waals surface area (Å²) in [4.78, 5) is 28.7. The topological polar surface area (TPSA) is 131 Å². The van der Waals surface area contributed by atoms with Crippen molar-refractivity contribution in [2.75, 3.05) is 48.0 Å². The van der Waals surface area contributed by atoms with Crippen LogP contribution in [0.4, 0.5) is 22.0 Å². The molecule has 3 heterocycles. The van der Waals surface area contributed by atoms with Crippen molar-refractivity contribution in [2.24, 2.45) is 0 Å². The summed E-state index contributed by atoms with van der Waals surface area (Å²) < 4.78 is 16.3. The highest BCUT2D eigenvalue weighted by Crippen LogP contribution is 2.29. The van der Waals surface area contributed by atoms with Gasteiger partial charge in [0.15, 0.2) is 11.6 Å². The van der Waals surface area contributed by atoms with E-state index in [9.17, 15) is 9.18 Å². The van der Waals surface area contributed by atoms with Crippen LogP contribution < -0.4 is 27.4 Å². The van der Waals surface area contributed by atoms with Crippen molar-refractivity contribution in [3.8, 4) is 0 Å². The number of aromatic nitrogens is 4. The third-order valence-corrected chi connectivity index (χ3v) is 7.13. The van der Waals surface area contributed by atoms with E-state index in [-0.39, 0.29) is 44.4 Å². The Morgan fingerprint density at radius 2 is 1.74 bits per heavy atom. The summed E-state index contributed by atoms with van der Waals surface area (Å²) in [5.41, 5.74) is 12.2. The Morgan fingerprint density at radius 3 is 2.45 bits per heavy atom. The Bertz CT molecular complexity index is 1540. The summed E-state index contributed by atoms with van der Waals surface area (Å²) in [6.07, 6.45) is 0. The molecule has 2 aromatic carbocycles. The molecule has 198 valence electrons.